The molecular weight excluding hydrogens is 378 g/mol. The number of carbonyl (C=O) groups excluding carboxylic acids is 3. The van der Waals surface area contributed by atoms with Gasteiger partial charge in [-0.1, -0.05) is 0 Å². The second-order valence-electron chi connectivity index (χ2n) is 9.41. The van der Waals surface area contributed by atoms with Crippen LogP contribution in [0, 0.1) is 11.8 Å². The maximum absolute atomic E-state index is 12.7. The van der Waals surface area contributed by atoms with E-state index in [-0.39, 0.29) is 23.8 Å². The molecule has 3 fully saturated rings. The number of amides is 3. The Bertz CT molecular complexity index is 645. The number of hydrogen-bond acceptors (Lipinski definition) is 6. The van der Waals surface area contributed by atoms with Crippen LogP contribution in [0.5, 0.6) is 0 Å². The van der Waals surface area contributed by atoms with Crippen LogP contribution in [0.3, 0.4) is 0 Å². The highest BCUT2D eigenvalue weighted by atomic mass is 16.6. The second-order valence-corrected chi connectivity index (χ2v) is 9.41. The van der Waals surface area contributed by atoms with E-state index in [4.69, 9.17) is 4.74 Å². The standard InChI is InChI=1S/C20H33N3O6/c1-20(2,3)29-19(28)23-8-4-5-15(23)18(27)22-14(10-24)16(25)12-9-13(12)17(26)21-11-6-7-11/h11-16,24-25H,4-10H2,1-3H3,(H,21,26)(H,22,27)/t12-,13+,14+,15+,16-/m1/s1. The number of hydrogen-bond donors (Lipinski definition) is 4. The third-order valence-corrected chi connectivity index (χ3v) is 5.66. The van der Waals surface area contributed by atoms with Crippen LogP contribution >= 0.6 is 0 Å². The number of ether oxygens (including phenoxy) is 1. The van der Waals surface area contributed by atoms with Gasteiger partial charge in [-0.25, -0.2) is 4.79 Å². The molecule has 9 nitrogen and oxygen atoms in total. The summed E-state index contributed by atoms with van der Waals surface area (Å²) in [4.78, 5) is 38.6. The van der Waals surface area contributed by atoms with Crippen LogP contribution in [0.15, 0.2) is 0 Å². The fourth-order valence-electron chi connectivity index (χ4n) is 3.82. The van der Waals surface area contributed by atoms with Gasteiger partial charge in [0.1, 0.15) is 11.6 Å². The summed E-state index contributed by atoms with van der Waals surface area (Å²) in [7, 11) is 0. The molecule has 0 unspecified atom stereocenters. The van der Waals surface area contributed by atoms with Gasteiger partial charge in [0.2, 0.25) is 11.8 Å². The summed E-state index contributed by atoms with van der Waals surface area (Å²) in [5, 5.41) is 25.9. The van der Waals surface area contributed by atoms with E-state index >= 15 is 0 Å². The molecule has 1 heterocycles. The Hall–Kier alpha value is -1.87. The topological polar surface area (TPSA) is 128 Å². The van der Waals surface area contributed by atoms with Crippen molar-refractivity contribution >= 4 is 17.9 Å². The fraction of sp³-hybridized carbons (Fsp3) is 0.850. The molecule has 4 N–H and O–H groups in total. The van der Waals surface area contributed by atoms with E-state index in [9.17, 15) is 24.6 Å². The van der Waals surface area contributed by atoms with E-state index in [1.54, 1.807) is 20.8 Å². The van der Waals surface area contributed by atoms with Crippen molar-refractivity contribution in [2.75, 3.05) is 13.2 Å². The first-order valence-electron chi connectivity index (χ1n) is 10.5. The molecule has 1 aliphatic heterocycles. The molecular formula is C20H33N3O6. The van der Waals surface area contributed by atoms with Gasteiger partial charge in [0.15, 0.2) is 0 Å². The van der Waals surface area contributed by atoms with Crippen LogP contribution in [0.1, 0.15) is 52.9 Å². The summed E-state index contributed by atoms with van der Waals surface area (Å²) in [6, 6.07) is -1.32. The Morgan fingerprint density at radius 1 is 1.17 bits per heavy atom. The van der Waals surface area contributed by atoms with Crippen molar-refractivity contribution in [1.82, 2.24) is 15.5 Å². The average Bonchev–Trinajstić information content (AvgIpc) is 3.55. The van der Waals surface area contributed by atoms with Crippen molar-refractivity contribution in [2.45, 2.75) is 82.7 Å². The minimum absolute atomic E-state index is 0.0635. The number of nitrogens with one attached hydrogen (secondary N) is 2. The minimum Gasteiger partial charge on any atom is -0.444 e. The van der Waals surface area contributed by atoms with Crippen molar-refractivity contribution in [3.05, 3.63) is 0 Å². The van der Waals surface area contributed by atoms with Gasteiger partial charge >= 0.3 is 6.09 Å². The SMILES string of the molecule is CC(C)(C)OC(=O)N1CCC[C@H]1C(=O)N[C@@H](CO)[C@H](O)[C@@H]1C[C@@H]1C(=O)NC1CC1. The van der Waals surface area contributed by atoms with Crippen molar-refractivity contribution in [3.8, 4) is 0 Å². The van der Waals surface area contributed by atoms with Crippen LogP contribution in [0.25, 0.3) is 0 Å². The highest BCUT2D eigenvalue weighted by molar-refractivity contribution is 5.86. The molecule has 0 aromatic heterocycles. The first-order valence-corrected chi connectivity index (χ1v) is 10.5. The lowest BCUT2D eigenvalue weighted by Crippen LogP contribution is -2.54. The van der Waals surface area contributed by atoms with Crippen molar-refractivity contribution in [3.63, 3.8) is 0 Å². The number of aliphatic hydroxyl groups is 2. The Labute approximate surface area is 171 Å². The molecule has 0 bridgehead atoms. The van der Waals surface area contributed by atoms with Gasteiger partial charge < -0.3 is 25.6 Å². The lowest BCUT2D eigenvalue weighted by Gasteiger charge is -2.30. The summed E-state index contributed by atoms with van der Waals surface area (Å²) in [5.41, 5.74) is -0.660. The fourth-order valence-corrected chi connectivity index (χ4v) is 3.82. The van der Waals surface area contributed by atoms with E-state index in [1.807, 2.05) is 0 Å². The maximum Gasteiger partial charge on any atom is 0.410 e. The summed E-state index contributed by atoms with van der Waals surface area (Å²) >= 11 is 0. The van der Waals surface area contributed by atoms with Gasteiger partial charge in [-0.05, 0) is 58.8 Å². The highest BCUT2D eigenvalue weighted by Crippen LogP contribution is 2.43. The number of likely N-dealkylation sites (tertiary alicyclic amines) is 1. The zero-order valence-electron chi connectivity index (χ0n) is 17.4. The Morgan fingerprint density at radius 2 is 1.86 bits per heavy atom. The Balaban J connectivity index is 1.53. The maximum atomic E-state index is 12.7. The quantitative estimate of drug-likeness (QED) is 0.472. The lowest BCUT2D eigenvalue weighted by molar-refractivity contribution is -0.127. The summed E-state index contributed by atoms with van der Waals surface area (Å²) in [5.74, 6) is -1.05. The van der Waals surface area contributed by atoms with E-state index in [0.29, 0.717) is 25.8 Å². The molecule has 0 radical (unpaired) electrons. The number of aliphatic hydroxyl groups excluding tert-OH is 2. The molecule has 5 atom stereocenters. The minimum atomic E-state index is -1.02. The van der Waals surface area contributed by atoms with E-state index in [2.05, 4.69) is 10.6 Å². The zero-order chi connectivity index (χ0) is 21.3. The number of carbonyl (C=O) groups is 3. The molecule has 0 aromatic carbocycles. The van der Waals surface area contributed by atoms with Gasteiger partial charge in [0.25, 0.3) is 0 Å². The molecule has 9 heteroatoms. The van der Waals surface area contributed by atoms with Gasteiger partial charge in [0.05, 0.1) is 18.8 Å². The zero-order valence-corrected chi connectivity index (χ0v) is 17.4. The Kier molecular flexibility index (Phi) is 6.38. The molecule has 3 aliphatic rings. The van der Waals surface area contributed by atoms with Crippen LogP contribution in [0.4, 0.5) is 4.79 Å². The van der Waals surface area contributed by atoms with Gasteiger partial charge in [-0.2, -0.15) is 0 Å². The van der Waals surface area contributed by atoms with Crippen molar-refractivity contribution < 1.29 is 29.3 Å². The molecule has 3 rings (SSSR count). The van der Waals surface area contributed by atoms with Crippen LogP contribution in [-0.4, -0.2) is 76.0 Å². The molecule has 2 saturated carbocycles. The molecule has 1 saturated heterocycles. The van der Waals surface area contributed by atoms with Crippen molar-refractivity contribution in [2.24, 2.45) is 11.8 Å². The molecule has 3 amide bonds. The van der Waals surface area contributed by atoms with E-state index in [0.717, 1.165) is 12.8 Å². The molecule has 2 aliphatic carbocycles. The third kappa shape index (κ3) is 5.60. The van der Waals surface area contributed by atoms with Gasteiger partial charge in [-0.15, -0.1) is 0 Å². The summed E-state index contributed by atoms with van der Waals surface area (Å²) < 4.78 is 5.37. The molecule has 0 spiro atoms. The lowest BCUT2D eigenvalue weighted by atomic mass is 10.0. The molecule has 164 valence electrons. The number of nitrogens with zero attached hydrogens (tertiary/aromatic N) is 1. The first kappa shape index (κ1) is 21.8. The summed E-state index contributed by atoms with van der Waals surface area (Å²) in [6.07, 6.45) is 2.14. The van der Waals surface area contributed by atoms with E-state index in [1.165, 1.54) is 4.90 Å². The van der Waals surface area contributed by atoms with Gasteiger partial charge in [0, 0.05) is 18.5 Å². The predicted molar refractivity (Wildman–Crippen MR) is 104 cm³/mol. The third-order valence-electron chi connectivity index (χ3n) is 5.66. The normalized spacial score (nSPS) is 28.4. The smallest absolute Gasteiger partial charge is 0.410 e. The molecule has 29 heavy (non-hydrogen) atoms. The van der Waals surface area contributed by atoms with Gasteiger partial charge in [-0.3, -0.25) is 14.5 Å². The average molecular weight is 411 g/mol. The summed E-state index contributed by atoms with van der Waals surface area (Å²) in [6.45, 7) is 5.27. The highest BCUT2D eigenvalue weighted by Gasteiger charge is 2.50. The van der Waals surface area contributed by atoms with Crippen LogP contribution in [-0.2, 0) is 14.3 Å². The first-order chi connectivity index (χ1) is 13.6. The predicted octanol–water partition coefficient (Wildman–Crippen LogP) is 0.139. The second kappa shape index (κ2) is 8.47. The monoisotopic (exact) mass is 411 g/mol. The number of rotatable bonds is 7. The largest absolute Gasteiger partial charge is 0.444 e. The Morgan fingerprint density at radius 3 is 2.45 bits per heavy atom. The van der Waals surface area contributed by atoms with Crippen LogP contribution in [0.2, 0.25) is 0 Å². The van der Waals surface area contributed by atoms with Crippen molar-refractivity contribution in [1.29, 1.82) is 0 Å². The van der Waals surface area contributed by atoms with Crippen LogP contribution < -0.4 is 10.6 Å². The molecule has 0 aromatic rings. The van der Waals surface area contributed by atoms with E-state index < -0.39 is 42.4 Å².